The third-order valence-corrected chi connectivity index (χ3v) is 12.1. The maximum atomic E-state index is 6.73. The fraction of sp³-hybridized carbons (Fsp3) is 0. The highest BCUT2D eigenvalue weighted by Crippen LogP contribution is 2.46. The zero-order valence-corrected chi connectivity index (χ0v) is 33.1. The van der Waals surface area contributed by atoms with Crippen molar-refractivity contribution in [3.05, 3.63) is 224 Å². The van der Waals surface area contributed by atoms with E-state index in [2.05, 4.69) is 217 Å². The van der Waals surface area contributed by atoms with Gasteiger partial charge in [-0.15, -0.1) is 0 Å². The predicted octanol–water partition coefficient (Wildman–Crippen LogP) is 16.8. The first kappa shape index (κ1) is 34.9. The van der Waals surface area contributed by atoms with Crippen molar-refractivity contribution in [2.45, 2.75) is 0 Å². The molecule has 3 heteroatoms. The van der Waals surface area contributed by atoms with Crippen molar-refractivity contribution in [1.82, 2.24) is 0 Å². The number of rotatable bonds is 7. The van der Waals surface area contributed by atoms with Crippen molar-refractivity contribution >= 4 is 71.7 Å². The monoisotopic (exact) mass is 779 g/mol. The molecule has 0 saturated heterocycles. The smallest absolute Gasteiger partial charge is 0.143 e. The molecule has 0 N–H and O–H groups in total. The van der Waals surface area contributed by atoms with Crippen molar-refractivity contribution in [1.29, 1.82) is 0 Å². The van der Waals surface area contributed by atoms with E-state index >= 15 is 0 Å². The molecule has 0 bridgehead atoms. The van der Waals surface area contributed by atoms with Gasteiger partial charge in [0.25, 0.3) is 0 Å². The average molecular weight is 780 g/mol. The van der Waals surface area contributed by atoms with Gasteiger partial charge in [-0.3, -0.25) is 0 Å². The maximum Gasteiger partial charge on any atom is 0.143 e. The summed E-state index contributed by atoms with van der Waals surface area (Å²) < 4.78 is 13.3. The van der Waals surface area contributed by atoms with Crippen LogP contribution in [0.5, 0.6) is 0 Å². The molecule has 2 heterocycles. The number of hydrogen-bond donors (Lipinski definition) is 0. The van der Waals surface area contributed by atoms with Crippen LogP contribution in [-0.2, 0) is 0 Å². The Kier molecular flexibility index (Phi) is 8.17. The molecule has 0 amide bonds. The van der Waals surface area contributed by atoms with Crippen LogP contribution in [0.25, 0.3) is 99.2 Å². The number of fused-ring (bicyclic) bond motifs is 8. The fourth-order valence-corrected chi connectivity index (χ4v) is 9.19. The van der Waals surface area contributed by atoms with E-state index in [-0.39, 0.29) is 0 Å². The van der Waals surface area contributed by atoms with E-state index in [0.29, 0.717) is 0 Å². The molecule has 0 saturated carbocycles. The number of nitrogens with zero attached hydrogens (tertiary/aromatic N) is 1. The maximum absolute atomic E-state index is 6.73. The van der Waals surface area contributed by atoms with Crippen LogP contribution in [-0.4, -0.2) is 0 Å². The number of furan rings is 2. The predicted molar refractivity (Wildman–Crippen MR) is 255 cm³/mol. The van der Waals surface area contributed by atoms with Crippen LogP contribution < -0.4 is 4.90 Å². The molecule has 10 aromatic carbocycles. The molecule has 2 aromatic heterocycles. The Bertz CT molecular complexity index is 3580. The minimum absolute atomic E-state index is 0.848. The molecule has 0 aliphatic rings. The summed E-state index contributed by atoms with van der Waals surface area (Å²) in [4.78, 5) is 2.37. The molecule has 0 atom stereocenters. The van der Waals surface area contributed by atoms with Crippen LogP contribution >= 0.6 is 0 Å². The summed E-state index contributed by atoms with van der Waals surface area (Å²) in [5.41, 5.74) is 15.9. The number of para-hydroxylation sites is 2. The summed E-state index contributed by atoms with van der Waals surface area (Å²) in [6.45, 7) is 0. The average Bonchev–Trinajstić information content (AvgIpc) is 3.92. The standard InChI is InChI=1S/C58H37NO2/c1-3-14-39(15-4-1)46-34-31-42(37-52(46)40-16-5-2-6-17-40)38-28-32-44(33-29-38)59(53-25-13-27-55-56(53)51-35-30-41-18-7-8-21-47(41)58(51)61-55)45-20-11-19-43(36-45)48-23-12-24-50-49-22-9-10-26-54(49)60-57(48)50/h1-37H. The van der Waals surface area contributed by atoms with Gasteiger partial charge in [0.15, 0.2) is 0 Å². The lowest BCUT2D eigenvalue weighted by Gasteiger charge is -2.27. The zero-order valence-electron chi connectivity index (χ0n) is 33.1. The quantitative estimate of drug-likeness (QED) is 0.161. The molecule has 12 aromatic rings. The van der Waals surface area contributed by atoms with Crippen LogP contribution in [0.1, 0.15) is 0 Å². The molecule has 0 aliphatic carbocycles. The highest BCUT2D eigenvalue weighted by molar-refractivity contribution is 6.19. The molecule has 0 spiro atoms. The van der Waals surface area contributed by atoms with Crippen LogP contribution in [0, 0.1) is 0 Å². The fourth-order valence-electron chi connectivity index (χ4n) is 9.19. The molecule has 61 heavy (non-hydrogen) atoms. The van der Waals surface area contributed by atoms with Gasteiger partial charge in [0.05, 0.1) is 11.1 Å². The normalized spacial score (nSPS) is 11.6. The van der Waals surface area contributed by atoms with E-state index in [1.54, 1.807) is 0 Å². The first-order valence-corrected chi connectivity index (χ1v) is 20.7. The van der Waals surface area contributed by atoms with Gasteiger partial charge in [-0.1, -0.05) is 170 Å². The summed E-state index contributed by atoms with van der Waals surface area (Å²) in [6, 6.07) is 79.9. The lowest BCUT2D eigenvalue weighted by Crippen LogP contribution is -2.10. The molecule has 286 valence electrons. The van der Waals surface area contributed by atoms with Gasteiger partial charge in [0, 0.05) is 38.5 Å². The van der Waals surface area contributed by atoms with Crippen molar-refractivity contribution in [2.75, 3.05) is 4.90 Å². The minimum atomic E-state index is 0.848. The number of hydrogen-bond acceptors (Lipinski definition) is 3. The third kappa shape index (κ3) is 5.90. The van der Waals surface area contributed by atoms with Gasteiger partial charge in [-0.2, -0.15) is 0 Å². The Morgan fingerprint density at radius 1 is 0.295 bits per heavy atom. The van der Waals surface area contributed by atoms with Crippen LogP contribution in [0.2, 0.25) is 0 Å². The van der Waals surface area contributed by atoms with Gasteiger partial charge in [0.1, 0.15) is 22.3 Å². The second-order valence-corrected chi connectivity index (χ2v) is 15.6. The first-order valence-electron chi connectivity index (χ1n) is 20.7. The topological polar surface area (TPSA) is 29.5 Å². The molecule has 0 radical (unpaired) electrons. The molecule has 0 fully saturated rings. The Hall–Kier alpha value is -8.14. The lowest BCUT2D eigenvalue weighted by atomic mass is 9.91. The van der Waals surface area contributed by atoms with E-state index in [9.17, 15) is 0 Å². The second kappa shape index (κ2) is 14.3. The van der Waals surface area contributed by atoms with Crippen molar-refractivity contribution in [2.24, 2.45) is 0 Å². The van der Waals surface area contributed by atoms with Crippen LogP contribution in [0.3, 0.4) is 0 Å². The SMILES string of the molecule is c1ccc(-c2ccc(-c3ccc(N(c4cccc(-c5cccc6c5oc5ccccc56)c4)c4cccc5oc6c7ccccc7ccc6c45)cc3)cc2-c2ccccc2)cc1. The third-order valence-electron chi connectivity index (χ3n) is 12.1. The molecular formula is C58H37NO2. The Balaban J connectivity index is 1.03. The summed E-state index contributed by atoms with van der Waals surface area (Å²) in [5, 5.41) is 6.64. The second-order valence-electron chi connectivity index (χ2n) is 15.6. The van der Waals surface area contributed by atoms with E-state index in [4.69, 9.17) is 8.83 Å². The molecule has 0 aliphatic heterocycles. The van der Waals surface area contributed by atoms with Gasteiger partial charge < -0.3 is 13.7 Å². The largest absolute Gasteiger partial charge is 0.455 e. The molecule has 3 nitrogen and oxygen atoms in total. The summed E-state index contributed by atoms with van der Waals surface area (Å²) >= 11 is 0. The van der Waals surface area contributed by atoms with Gasteiger partial charge in [-0.05, 0) is 98.9 Å². The first-order chi connectivity index (χ1) is 30.2. The molecule has 0 unspecified atom stereocenters. The van der Waals surface area contributed by atoms with Gasteiger partial charge in [-0.25, -0.2) is 0 Å². The van der Waals surface area contributed by atoms with Crippen LogP contribution in [0.15, 0.2) is 233 Å². The summed E-state index contributed by atoms with van der Waals surface area (Å²) in [6.07, 6.45) is 0. The van der Waals surface area contributed by atoms with Crippen molar-refractivity contribution in [3.8, 4) is 44.5 Å². The minimum Gasteiger partial charge on any atom is -0.455 e. The number of anilines is 3. The number of benzene rings is 10. The Morgan fingerprint density at radius 2 is 0.934 bits per heavy atom. The van der Waals surface area contributed by atoms with Crippen molar-refractivity contribution < 1.29 is 8.83 Å². The Labute approximate surface area is 353 Å². The van der Waals surface area contributed by atoms with E-state index in [1.165, 1.54) is 22.3 Å². The Morgan fingerprint density at radius 3 is 1.77 bits per heavy atom. The van der Waals surface area contributed by atoms with Crippen molar-refractivity contribution in [3.63, 3.8) is 0 Å². The zero-order chi connectivity index (χ0) is 40.3. The van der Waals surface area contributed by atoms with Gasteiger partial charge in [0.2, 0.25) is 0 Å². The van der Waals surface area contributed by atoms with Crippen LogP contribution in [0.4, 0.5) is 17.1 Å². The van der Waals surface area contributed by atoms with E-state index < -0.39 is 0 Å². The van der Waals surface area contributed by atoms with E-state index in [0.717, 1.165) is 94.0 Å². The van der Waals surface area contributed by atoms with Gasteiger partial charge >= 0.3 is 0 Å². The lowest BCUT2D eigenvalue weighted by molar-refractivity contribution is 0.670. The van der Waals surface area contributed by atoms with E-state index in [1.807, 2.05) is 12.1 Å². The molecular weight excluding hydrogens is 743 g/mol. The summed E-state index contributed by atoms with van der Waals surface area (Å²) in [5.74, 6) is 0. The highest BCUT2D eigenvalue weighted by Gasteiger charge is 2.22. The molecule has 12 rings (SSSR count). The summed E-state index contributed by atoms with van der Waals surface area (Å²) in [7, 11) is 0. The highest BCUT2D eigenvalue weighted by atomic mass is 16.3.